The molecule has 0 saturated heterocycles. The molecule has 6 nitrogen and oxygen atoms in total. The van der Waals surface area contributed by atoms with Gasteiger partial charge in [-0.05, 0) is 35.2 Å². The van der Waals surface area contributed by atoms with Crippen molar-refractivity contribution in [2.24, 2.45) is 0 Å². The van der Waals surface area contributed by atoms with Crippen molar-refractivity contribution in [3.8, 4) is 5.75 Å². The second-order valence-electron chi connectivity index (χ2n) is 8.41. The fraction of sp³-hybridized carbons (Fsp3) is 0.250. The summed E-state index contributed by atoms with van der Waals surface area (Å²) in [4.78, 5) is 21.8. The summed E-state index contributed by atoms with van der Waals surface area (Å²) >= 11 is 1.32. The van der Waals surface area contributed by atoms with Gasteiger partial charge in [-0.25, -0.2) is 4.98 Å². The lowest BCUT2D eigenvalue weighted by Crippen LogP contribution is -2.39. The topological polar surface area (TPSA) is 58.6 Å². The van der Waals surface area contributed by atoms with Crippen LogP contribution in [0.5, 0.6) is 5.75 Å². The van der Waals surface area contributed by atoms with Gasteiger partial charge in [0.05, 0.1) is 13.7 Å². The Morgan fingerprint density at radius 2 is 1.60 bits per heavy atom. The number of ether oxygens (including phenoxy) is 1. The molecule has 0 saturated carbocycles. The third-order valence-corrected chi connectivity index (χ3v) is 6.60. The number of rotatable bonds is 11. The Hall–Kier alpha value is -3.71. The Morgan fingerprint density at radius 3 is 2.31 bits per heavy atom. The van der Waals surface area contributed by atoms with Crippen molar-refractivity contribution in [2.45, 2.75) is 19.4 Å². The summed E-state index contributed by atoms with van der Waals surface area (Å²) in [6, 6.07) is 28.3. The van der Waals surface area contributed by atoms with E-state index in [1.54, 1.807) is 7.11 Å². The molecule has 7 heteroatoms. The van der Waals surface area contributed by atoms with Crippen LogP contribution < -0.4 is 9.64 Å². The van der Waals surface area contributed by atoms with Gasteiger partial charge in [0.1, 0.15) is 11.6 Å². The van der Waals surface area contributed by atoms with E-state index in [1.165, 1.54) is 17.1 Å². The smallest absolute Gasteiger partial charge is 0.242 e. The summed E-state index contributed by atoms with van der Waals surface area (Å²) in [5, 5.41) is 0.735. The number of nitrogens with zero attached hydrogens (tertiary/aromatic N) is 4. The zero-order valence-corrected chi connectivity index (χ0v) is 20.9. The van der Waals surface area contributed by atoms with Crippen LogP contribution in [0.25, 0.3) is 0 Å². The second-order valence-corrected chi connectivity index (χ2v) is 9.14. The summed E-state index contributed by atoms with van der Waals surface area (Å²) in [5.41, 5.74) is 3.42. The highest BCUT2D eigenvalue weighted by Crippen LogP contribution is 2.20. The predicted molar refractivity (Wildman–Crippen MR) is 141 cm³/mol. The van der Waals surface area contributed by atoms with Gasteiger partial charge in [-0.2, -0.15) is 4.37 Å². The zero-order chi connectivity index (χ0) is 24.5. The number of hydrogen-bond donors (Lipinski definition) is 0. The summed E-state index contributed by atoms with van der Waals surface area (Å²) in [6.07, 6.45) is 1.43. The largest absolute Gasteiger partial charge is 0.497 e. The van der Waals surface area contributed by atoms with Crippen LogP contribution in [-0.2, 0) is 24.2 Å². The van der Waals surface area contributed by atoms with E-state index in [2.05, 4.69) is 33.6 Å². The van der Waals surface area contributed by atoms with Crippen molar-refractivity contribution >= 4 is 22.6 Å². The number of aromatic nitrogens is 2. The average Bonchev–Trinajstić information content (AvgIpc) is 3.36. The van der Waals surface area contributed by atoms with Crippen LogP contribution in [0.3, 0.4) is 0 Å². The molecule has 0 aliphatic carbocycles. The number of methoxy groups -OCH3 is 1. The predicted octanol–water partition coefficient (Wildman–Crippen LogP) is 4.85. The highest BCUT2D eigenvalue weighted by Gasteiger charge is 2.19. The van der Waals surface area contributed by atoms with Gasteiger partial charge in [-0.3, -0.25) is 4.79 Å². The molecule has 1 amide bonds. The van der Waals surface area contributed by atoms with Gasteiger partial charge in [0, 0.05) is 38.1 Å². The molecule has 0 bridgehead atoms. The minimum atomic E-state index is 0.0665. The fourth-order valence-electron chi connectivity index (χ4n) is 3.81. The number of likely N-dealkylation sites (N-methyl/N-ethyl adjacent to an activating group) is 1. The SMILES string of the molecule is COc1cccc(Cc2nsc(N(C)CC(=O)N(CCc3ccccc3)Cc3ccccc3)n2)c1. The van der Waals surface area contributed by atoms with Crippen molar-refractivity contribution in [3.05, 3.63) is 107 Å². The molecule has 4 rings (SSSR count). The van der Waals surface area contributed by atoms with Crippen LogP contribution in [0, 0.1) is 0 Å². The Bertz CT molecular complexity index is 1210. The molecule has 0 unspecified atom stereocenters. The van der Waals surface area contributed by atoms with Gasteiger partial charge in [0.2, 0.25) is 11.0 Å². The molecule has 0 atom stereocenters. The molecular formula is C28H30N4O2S. The van der Waals surface area contributed by atoms with E-state index in [9.17, 15) is 4.79 Å². The standard InChI is InChI=1S/C28H30N4O2S/c1-31(28-29-26(30-35-28)19-24-14-9-15-25(18-24)34-2)21-27(33)32(20-23-12-7-4-8-13-23)17-16-22-10-5-3-6-11-22/h3-15,18H,16-17,19-21H2,1-2H3. The summed E-state index contributed by atoms with van der Waals surface area (Å²) in [6.45, 7) is 1.48. The molecule has 4 aromatic rings. The Kier molecular flexibility index (Phi) is 8.46. The monoisotopic (exact) mass is 486 g/mol. The van der Waals surface area contributed by atoms with Gasteiger partial charge >= 0.3 is 0 Å². The van der Waals surface area contributed by atoms with Gasteiger partial charge in [-0.1, -0.05) is 72.8 Å². The lowest BCUT2D eigenvalue weighted by Gasteiger charge is -2.25. The summed E-state index contributed by atoms with van der Waals surface area (Å²) < 4.78 is 9.81. The molecule has 1 aromatic heterocycles. The highest BCUT2D eigenvalue weighted by molar-refractivity contribution is 7.09. The van der Waals surface area contributed by atoms with Gasteiger partial charge in [0.15, 0.2) is 0 Å². The number of carbonyl (C=O) groups excluding carboxylic acids is 1. The molecular weight excluding hydrogens is 456 g/mol. The second kappa shape index (κ2) is 12.1. The molecule has 0 aliphatic heterocycles. The van der Waals surface area contributed by atoms with Crippen LogP contribution in [0.1, 0.15) is 22.5 Å². The van der Waals surface area contributed by atoms with E-state index in [1.807, 2.05) is 77.5 Å². The first-order valence-electron chi connectivity index (χ1n) is 11.6. The first-order chi connectivity index (χ1) is 17.1. The van der Waals surface area contributed by atoms with Crippen molar-refractivity contribution in [1.29, 1.82) is 0 Å². The van der Waals surface area contributed by atoms with Crippen molar-refractivity contribution in [2.75, 3.05) is 32.1 Å². The van der Waals surface area contributed by atoms with Crippen molar-refractivity contribution in [1.82, 2.24) is 14.3 Å². The van der Waals surface area contributed by atoms with Gasteiger partial charge in [-0.15, -0.1) is 0 Å². The van der Waals surface area contributed by atoms with E-state index in [-0.39, 0.29) is 12.5 Å². The Morgan fingerprint density at radius 1 is 0.914 bits per heavy atom. The van der Waals surface area contributed by atoms with Gasteiger partial charge < -0.3 is 14.5 Å². The molecule has 0 N–H and O–H groups in total. The maximum Gasteiger partial charge on any atom is 0.242 e. The molecule has 1 heterocycles. The molecule has 3 aromatic carbocycles. The summed E-state index contributed by atoms with van der Waals surface area (Å²) in [5.74, 6) is 1.62. The van der Waals surface area contributed by atoms with Crippen molar-refractivity contribution in [3.63, 3.8) is 0 Å². The fourth-order valence-corrected chi connectivity index (χ4v) is 4.45. The van der Waals surface area contributed by atoms with E-state index in [0.29, 0.717) is 19.5 Å². The number of anilines is 1. The maximum atomic E-state index is 13.3. The third kappa shape index (κ3) is 7.13. The highest BCUT2D eigenvalue weighted by atomic mass is 32.1. The first kappa shape index (κ1) is 24.4. The molecule has 0 aliphatic rings. The zero-order valence-electron chi connectivity index (χ0n) is 20.1. The normalized spacial score (nSPS) is 10.7. The lowest BCUT2D eigenvalue weighted by molar-refractivity contribution is -0.130. The van der Waals surface area contributed by atoms with Crippen LogP contribution in [0.4, 0.5) is 5.13 Å². The molecule has 35 heavy (non-hydrogen) atoms. The van der Waals surface area contributed by atoms with Crippen LogP contribution in [-0.4, -0.2) is 47.4 Å². The van der Waals surface area contributed by atoms with Crippen LogP contribution >= 0.6 is 11.5 Å². The van der Waals surface area contributed by atoms with E-state index < -0.39 is 0 Å². The van der Waals surface area contributed by atoms with Crippen molar-refractivity contribution < 1.29 is 9.53 Å². The van der Waals surface area contributed by atoms with Crippen LogP contribution in [0.2, 0.25) is 0 Å². The van der Waals surface area contributed by atoms with Gasteiger partial charge in [0.25, 0.3) is 0 Å². The molecule has 0 radical (unpaired) electrons. The average molecular weight is 487 g/mol. The Balaban J connectivity index is 1.40. The molecule has 0 fully saturated rings. The molecule has 0 spiro atoms. The quantitative estimate of drug-likeness (QED) is 0.303. The number of hydrogen-bond acceptors (Lipinski definition) is 6. The van der Waals surface area contributed by atoms with E-state index in [0.717, 1.165) is 34.3 Å². The first-order valence-corrected chi connectivity index (χ1v) is 12.4. The van der Waals surface area contributed by atoms with Crippen LogP contribution in [0.15, 0.2) is 84.9 Å². The minimum Gasteiger partial charge on any atom is -0.497 e. The number of benzene rings is 3. The maximum absolute atomic E-state index is 13.3. The Labute approximate surface area is 211 Å². The number of carbonyl (C=O) groups is 1. The van der Waals surface area contributed by atoms with E-state index >= 15 is 0 Å². The lowest BCUT2D eigenvalue weighted by atomic mass is 10.1. The molecule has 180 valence electrons. The minimum absolute atomic E-state index is 0.0665. The number of amides is 1. The van der Waals surface area contributed by atoms with E-state index in [4.69, 9.17) is 4.74 Å². The summed E-state index contributed by atoms with van der Waals surface area (Å²) in [7, 11) is 3.55. The third-order valence-electron chi connectivity index (χ3n) is 5.73.